The first kappa shape index (κ1) is 14.5. The van der Waals surface area contributed by atoms with Crippen molar-refractivity contribution in [1.82, 2.24) is 0 Å². The van der Waals surface area contributed by atoms with Crippen molar-refractivity contribution in [3.63, 3.8) is 0 Å². The molecule has 0 spiro atoms. The summed E-state index contributed by atoms with van der Waals surface area (Å²) in [4.78, 5) is 0. The van der Waals surface area contributed by atoms with Crippen LogP contribution in [0.3, 0.4) is 0 Å². The molecule has 18 heavy (non-hydrogen) atoms. The molecule has 0 amide bonds. The first-order valence-electron chi connectivity index (χ1n) is 4.51. The fourth-order valence-electron chi connectivity index (χ4n) is 1.34. The second kappa shape index (κ2) is 4.58. The molecule has 0 aliphatic rings. The summed E-state index contributed by atoms with van der Waals surface area (Å²) in [5.74, 6) is -1.40. The van der Waals surface area contributed by atoms with E-state index in [1.165, 1.54) is 0 Å². The molecule has 0 aliphatic carbocycles. The Morgan fingerprint density at radius 3 is 1.72 bits per heavy atom. The Morgan fingerprint density at radius 2 is 1.39 bits per heavy atom. The molecule has 1 aromatic carbocycles. The lowest BCUT2D eigenvalue weighted by molar-refractivity contribution is -0.144. The molecule has 0 aliphatic heterocycles. The van der Waals surface area contributed by atoms with Gasteiger partial charge in [-0.2, -0.15) is 26.3 Å². The minimum atomic E-state index is -4.97. The van der Waals surface area contributed by atoms with E-state index in [2.05, 4.69) is 9.47 Å². The molecule has 1 rings (SSSR count). The van der Waals surface area contributed by atoms with Gasteiger partial charge < -0.3 is 9.47 Å². The molecule has 1 aromatic rings. The van der Waals surface area contributed by atoms with Crippen LogP contribution in [0.1, 0.15) is 11.1 Å². The summed E-state index contributed by atoms with van der Waals surface area (Å²) in [6.07, 6.45) is -9.88. The van der Waals surface area contributed by atoms with Crippen LogP contribution in [-0.2, 0) is 12.4 Å². The number of alkyl halides is 6. The lowest BCUT2D eigenvalue weighted by atomic mass is 10.1. The lowest BCUT2D eigenvalue weighted by Crippen LogP contribution is -2.13. The molecule has 0 unspecified atom stereocenters. The van der Waals surface area contributed by atoms with E-state index < -0.39 is 35.0 Å². The Morgan fingerprint density at radius 1 is 0.833 bits per heavy atom. The molecular formula is C10H8F6O2. The highest BCUT2D eigenvalue weighted by molar-refractivity contribution is 5.51. The Hall–Kier alpha value is -1.60. The predicted molar refractivity (Wildman–Crippen MR) is 49.6 cm³/mol. The van der Waals surface area contributed by atoms with Gasteiger partial charge in [-0.1, -0.05) is 0 Å². The molecule has 0 fully saturated rings. The summed E-state index contributed by atoms with van der Waals surface area (Å²) >= 11 is 0. The van der Waals surface area contributed by atoms with Crippen LogP contribution in [-0.4, -0.2) is 14.2 Å². The van der Waals surface area contributed by atoms with E-state index in [4.69, 9.17) is 0 Å². The van der Waals surface area contributed by atoms with E-state index in [0.717, 1.165) is 14.2 Å². The average molecular weight is 274 g/mol. The number of hydrogen-bond donors (Lipinski definition) is 0. The Labute approximate surface area is 98.1 Å². The van der Waals surface area contributed by atoms with Crippen molar-refractivity contribution >= 4 is 0 Å². The molecular weight excluding hydrogens is 266 g/mol. The molecule has 8 heteroatoms. The van der Waals surface area contributed by atoms with Gasteiger partial charge in [0.1, 0.15) is 5.56 Å². The number of methoxy groups -OCH3 is 2. The smallest absolute Gasteiger partial charge is 0.420 e. The highest BCUT2D eigenvalue weighted by atomic mass is 19.4. The van der Waals surface area contributed by atoms with Crippen molar-refractivity contribution in [2.45, 2.75) is 12.4 Å². The van der Waals surface area contributed by atoms with E-state index in [-0.39, 0.29) is 6.07 Å². The van der Waals surface area contributed by atoms with E-state index in [9.17, 15) is 26.3 Å². The van der Waals surface area contributed by atoms with Crippen LogP contribution >= 0.6 is 0 Å². The molecule has 0 radical (unpaired) electrons. The zero-order valence-corrected chi connectivity index (χ0v) is 9.24. The number of rotatable bonds is 2. The molecule has 0 heterocycles. The van der Waals surface area contributed by atoms with Crippen molar-refractivity contribution in [2.75, 3.05) is 14.2 Å². The highest BCUT2D eigenvalue weighted by Crippen LogP contribution is 2.45. The van der Waals surface area contributed by atoms with E-state index in [0.29, 0.717) is 6.07 Å². The number of halogens is 6. The number of benzene rings is 1. The predicted octanol–water partition coefficient (Wildman–Crippen LogP) is 3.74. The van der Waals surface area contributed by atoms with E-state index in [1.54, 1.807) is 0 Å². The molecule has 0 bridgehead atoms. The molecule has 0 saturated heterocycles. The van der Waals surface area contributed by atoms with Crippen LogP contribution < -0.4 is 9.47 Å². The first-order chi connectivity index (χ1) is 8.11. The molecule has 0 aromatic heterocycles. The maximum atomic E-state index is 12.6. The molecule has 0 saturated carbocycles. The largest absolute Gasteiger partial charge is 0.493 e. The van der Waals surface area contributed by atoms with Crippen LogP contribution in [0.15, 0.2) is 12.1 Å². The van der Waals surface area contributed by atoms with Gasteiger partial charge >= 0.3 is 12.4 Å². The maximum absolute atomic E-state index is 12.6. The Balaban J connectivity index is 3.57. The standard InChI is InChI=1S/C10H8F6O2/c1-17-7-4-5(9(11,12)13)3-6(8(7)18-2)10(14,15)16/h3-4H,1-2H3. The third kappa shape index (κ3) is 2.80. The quantitative estimate of drug-likeness (QED) is 0.765. The molecule has 0 atom stereocenters. The number of hydrogen-bond acceptors (Lipinski definition) is 2. The lowest BCUT2D eigenvalue weighted by Gasteiger charge is -2.17. The summed E-state index contributed by atoms with van der Waals surface area (Å²) in [7, 11) is 1.87. The monoisotopic (exact) mass is 274 g/mol. The average Bonchev–Trinajstić information content (AvgIpc) is 2.24. The summed E-state index contributed by atoms with van der Waals surface area (Å²) in [6, 6.07) is 0.440. The zero-order valence-electron chi connectivity index (χ0n) is 9.24. The SMILES string of the molecule is COc1cc(C(F)(F)F)cc(C(F)(F)F)c1OC. The van der Waals surface area contributed by atoms with Gasteiger partial charge in [0, 0.05) is 0 Å². The van der Waals surface area contributed by atoms with Crippen LogP contribution in [0.25, 0.3) is 0 Å². The van der Waals surface area contributed by atoms with Gasteiger partial charge in [-0.3, -0.25) is 0 Å². The third-order valence-corrected chi connectivity index (χ3v) is 2.11. The minimum Gasteiger partial charge on any atom is -0.493 e. The highest BCUT2D eigenvalue weighted by Gasteiger charge is 2.40. The van der Waals surface area contributed by atoms with Crippen LogP contribution in [0.4, 0.5) is 26.3 Å². The van der Waals surface area contributed by atoms with Gasteiger partial charge in [0.15, 0.2) is 11.5 Å². The topological polar surface area (TPSA) is 18.5 Å². The maximum Gasteiger partial charge on any atom is 0.420 e. The van der Waals surface area contributed by atoms with Gasteiger partial charge in [0.05, 0.1) is 19.8 Å². The number of ether oxygens (including phenoxy) is 2. The van der Waals surface area contributed by atoms with E-state index in [1.807, 2.05) is 0 Å². The van der Waals surface area contributed by atoms with Gasteiger partial charge in [0.2, 0.25) is 0 Å². The van der Waals surface area contributed by atoms with Crippen molar-refractivity contribution < 1.29 is 35.8 Å². The van der Waals surface area contributed by atoms with Gasteiger partial charge in [-0.15, -0.1) is 0 Å². The summed E-state index contributed by atoms with van der Waals surface area (Å²) in [5, 5.41) is 0. The van der Waals surface area contributed by atoms with Crippen LogP contribution in [0.2, 0.25) is 0 Å². The summed E-state index contributed by atoms with van der Waals surface area (Å²) < 4.78 is 84.1. The van der Waals surface area contributed by atoms with Gasteiger partial charge in [-0.25, -0.2) is 0 Å². The van der Waals surface area contributed by atoms with Crippen LogP contribution in [0, 0.1) is 0 Å². The molecule has 2 nitrogen and oxygen atoms in total. The second-order valence-corrected chi connectivity index (χ2v) is 3.25. The second-order valence-electron chi connectivity index (χ2n) is 3.25. The van der Waals surface area contributed by atoms with E-state index >= 15 is 0 Å². The van der Waals surface area contributed by atoms with Crippen molar-refractivity contribution in [1.29, 1.82) is 0 Å². The van der Waals surface area contributed by atoms with Crippen molar-refractivity contribution in [2.24, 2.45) is 0 Å². The van der Waals surface area contributed by atoms with Gasteiger partial charge in [-0.05, 0) is 12.1 Å². The fourth-order valence-corrected chi connectivity index (χ4v) is 1.34. The molecule has 102 valence electrons. The summed E-state index contributed by atoms with van der Waals surface area (Å²) in [5.41, 5.74) is -2.98. The van der Waals surface area contributed by atoms with Crippen LogP contribution in [0.5, 0.6) is 11.5 Å². The van der Waals surface area contributed by atoms with Gasteiger partial charge in [0.25, 0.3) is 0 Å². The summed E-state index contributed by atoms with van der Waals surface area (Å²) in [6.45, 7) is 0. The third-order valence-electron chi connectivity index (χ3n) is 2.11. The minimum absolute atomic E-state index is 0.0125. The molecule has 0 N–H and O–H groups in total. The fraction of sp³-hybridized carbons (Fsp3) is 0.400. The Bertz CT molecular complexity index is 435. The zero-order chi connectivity index (χ0) is 14.1. The van der Waals surface area contributed by atoms with Crippen molar-refractivity contribution in [3.05, 3.63) is 23.3 Å². The van der Waals surface area contributed by atoms with Crippen molar-refractivity contribution in [3.8, 4) is 11.5 Å². The normalized spacial score (nSPS) is 12.4. The Kier molecular flexibility index (Phi) is 3.68. The first-order valence-corrected chi connectivity index (χ1v) is 4.51.